The molecule has 1 unspecified atom stereocenters. The van der Waals surface area contributed by atoms with Crippen LogP contribution >= 0.6 is 23.1 Å². The van der Waals surface area contributed by atoms with Crippen LogP contribution in [0.1, 0.15) is 17.6 Å². The number of amides is 1. The van der Waals surface area contributed by atoms with Crippen LogP contribution in [0.5, 0.6) is 11.5 Å². The highest BCUT2D eigenvalue weighted by atomic mass is 32.2. The molecule has 0 aliphatic rings. The Morgan fingerprint density at radius 2 is 1.96 bits per heavy atom. The Bertz CT molecular complexity index is 919. The summed E-state index contributed by atoms with van der Waals surface area (Å²) in [5.74, 6) is 1.96. The molecule has 1 N–H and O–H groups in total. The van der Waals surface area contributed by atoms with E-state index in [4.69, 9.17) is 9.47 Å². The molecule has 7 nitrogen and oxygen atoms in total. The highest BCUT2D eigenvalue weighted by molar-refractivity contribution is 8.00. The highest BCUT2D eigenvalue weighted by Crippen LogP contribution is 2.28. The topological polar surface area (TPSA) is 78.3 Å². The van der Waals surface area contributed by atoms with Gasteiger partial charge < -0.3 is 19.4 Å². The van der Waals surface area contributed by atoms with Gasteiger partial charge in [-0.1, -0.05) is 17.8 Å². The molecule has 1 amide bonds. The molecule has 1 atom stereocenters. The van der Waals surface area contributed by atoms with E-state index in [9.17, 15) is 4.79 Å². The summed E-state index contributed by atoms with van der Waals surface area (Å²) < 4.78 is 12.4. The lowest BCUT2D eigenvalue weighted by Gasteiger charge is -2.13. The van der Waals surface area contributed by atoms with Crippen LogP contribution in [-0.4, -0.2) is 40.1 Å². The van der Waals surface area contributed by atoms with Gasteiger partial charge in [0.15, 0.2) is 5.16 Å². The number of benzene rings is 1. The quantitative estimate of drug-likeness (QED) is 0.563. The monoisotopic (exact) mass is 418 g/mol. The van der Waals surface area contributed by atoms with Gasteiger partial charge in [-0.3, -0.25) is 4.79 Å². The molecule has 0 radical (unpaired) electrons. The molecule has 0 spiro atoms. The predicted molar refractivity (Wildman–Crippen MR) is 112 cm³/mol. The van der Waals surface area contributed by atoms with Gasteiger partial charge in [0.05, 0.1) is 19.5 Å². The third-order valence-electron chi connectivity index (χ3n) is 4.11. The lowest BCUT2D eigenvalue weighted by Crippen LogP contribution is -2.23. The largest absolute Gasteiger partial charge is 0.497 e. The average Bonchev–Trinajstić information content (AvgIpc) is 3.33. The molecule has 3 rings (SSSR count). The minimum Gasteiger partial charge on any atom is -0.497 e. The van der Waals surface area contributed by atoms with Crippen molar-refractivity contribution in [1.82, 2.24) is 14.8 Å². The molecule has 2 aromatic heterocycles. The fourth-order valence-electron chi connectivity index (χ4n) is 2.51. The number of anilines is 1. The number of thiophene rings is 1. The first-order valence-corrected chi connectivity index (χ1v) is 10.4. The molecule has 0 fully saturated rings. The first-order valence-electron chi connectivity index (χ1n) is 8.61. The maximum Gasteiger partial charge on any atom is 0.237 e. The van der Waals surface area contributed by atoms with E-state index in [2.05, 4.69) is 21.6 Å². The van der Waals surface area contributed by atoms with Crippen LogP contribution in [0, 0.1) is 0 Å². The summed E-state index contributed by atoms with van der Waals surface area (Å²) in [6.45, 7) is 1.84. The minimum atomic E-state index is -0.352. The summed E-state index contributed by atoms with van der Waals surface area (Å²) in [6.07, 6.45) is 0.728. The van der Waals surface area contributed by atoms with Crippen LogP contribution in [0.15, 0.2) is 40.9 Å². The molecule has 1 aromatic carbocycles. The fourth-order valence-corrected chi connectivity index (χ4v) is 4.04. The van der Waals surface area contributed by atoms with Gasteiger partial charge >= 0.3 is 0 Å². The third-order valence-corrected chi connectivity index (χ3v) is 6.12. The van der Waals surface area contributed by atoms with Crippen molar-refractivity contribution in [3.63, 3.8) is 0 Å². The number of hydrogen-bond donors (Lipinski definition) is 1. The van der Waals surface area contributed by atoms with Gasteiger partial charge in [0.2, 0.25) is 5.91 Å². The summed E-state index contributed by atoms with van der Waals surface area (Å²) in [7, 11) is 5.06. The van der Waals surface area contributed by atoms with Crippen LogP contribution in [0.25, 0.3) is 0 Å². The van der Waals surface area contributed by atoms with E-state index in [-0.39, 0.29) is 11.2 Å². The van der Waals surface area contributed by atoms with Crippen LogP contribution in [-0.2, 0) is 18.3 Å². The number of methoxy groups -OCH3 is 2. The van der Waals surface area contributed by atoms with Crippen LogP contribution in [0.4, 0.5) is 5.69 Å². The van der Waals surface area contributed by atoms with Crippen molar-refractivity contribution in [1.29, 1.82) is 0 Å². The maximum atomic E-state index is 12.6. The second-order valence-electron chi connectivity index (χ2n) is 6.06. The molecule has 148 valence electrons. The Morgan fingerprint density at radius 1 is 1.25 bits per heavy atom. The van der Waals surface area contributed by atoms with E-state index in [1.807, 2.05) is 30.0 Å². The number of aromatic nitrogens is 3. The zero-order valence-corrected chi connectivity index (χ0v) is 17.8. The smallest absolute Gasteiger partial charge is 0.237 e. The first kappa shape index (κ1) is 20.2. The zero-order valence-electron chi connectivity index (χ0n) is 16.1. The second kappa shape index (κ2) is 9.11. The first-order chi connectivity index (χ1) is 13.5. The minimum absolute atomic E-state index is 0.136. The van der Waals surface area contributed by atoms with E-state index >= 15 is 0 Å². The van der Waals surface area contributed by atoms with Gasteiger partial charge in [0.1, 0.15) is 17.3 Å². The molecule has 2 heterocycles. The van der Waals surface area contributed by atoms with Crippen molar-refractivity contribution in [3.05, 3.63) is 46.4 Å². The Balaban J connectivity index is 1.65. The maximum absolute atomic E-state index is 12.6. The molecule has 28 heavy (non-hydrogen) atoms. The number of carbonyl (C=O) groups is 1. The van der Waals surface area contributed by atoms with Gasteiger partial charge in [0.25, 0.3) is 0 Å². The predicted octanol–water partition coefficient (Wildman–Crippen LogP) is 3.60. The lowest BCUT2D eigenvalue weighted by atomic mass is 10.2. The number of nitrogens with zero attached hydrogens (tertiary/aromatic N) is 3. The van der Waals surface area contributed by atoms with E-state index < -0.39 is 0 Å². The number of thioether (sulfide) groups is 1. The molecule has 0 saturated carbocycles. The van der Waals surface area contributed by atoms with Crippen molar-refractivity contribution in [2.45, 2.75) is 23.8 Å². The SMILES string of the molecule is COc1cc(NC(=O)C(C)Sc2nnc(Cc3cccs3)n2C)cc(OC)c1. The van der Waals surface area contributed by atoms with E-state index in [0.717, 1.165) is 12.2 Å². The van der Waals surface area contributed by atoms with Crippen molar-refractivity contribution in [2.75, 3.05) is 19.5 Å². The normalized spacial score (nSPS) is 11.9. The molecule has 0 saturated heterocycles. The molecule has 3 aromatic rings. The Labute approximate surface area is 172 Å². The van der Waals surface area contributed by atoms with Crippen LogP contribution < -0.4 is 14.8 Å². The van der Waals surface area contributed by atoms with Crippen molar-refractivity contribution < 1.29 is 14.3 Å². The fraction of sp³-hybridized carbons (Fsp3) is 0.316. The number of ether oxygens (including phenoxy) is 2. The van der Waals surface area contributed by atoms with Gasteiger partial charge in [-0.15, -0.1) is 21.5 Å². The number of hydrogen-bond acceptors (Lipinski definition) is 7. The third kappa shape index (κ3) is 4.85. The van der Waals surface area contributed by atoms with Gasteiger partial charge in [-0.2, -0.15) is 0 Å². The Morgan fingerprint density at radius 3 is 2.57 bits per heavy atom. The van der Waals surface area contributed by atoms with Crippen molar-refractivity contribution in [3.8, 4) is 11.5 Å². The highest BCUT2D eigenvalue weighted by Gasteiger charge is 2.19. The summed E-state index contributed by atoms with van der Waals surface area (Å²) in [6, 6.07) is 9.34. The number of carbonyl (C=O) groups excluding carboxylic acids is 1. The number of nitrogens with one attached hydrogen (secondary N) is 1. The molecule has 0 bridgehead atoms. The molecular weight excluding hydrogens is 396 g/mol. The van der Waals surface area contributed by atoms with Crippen molar-refractivity contribution >= 4 is 34.7 Å². The standard InChI is InChI=1S/C19H22N4O3S2/c1-12(18(24)20-13-8-14(25-3)10-15(9-13)26-4)28-19-22-21-17(23(19)2)11-16-6-5-7-27-16/h5-10,12H,11H2,1-4H3,(H,20,24). The summed E-state index contributed by atoms with van der Waals surface area (Å²) in [5, 5.41) is 13.8. The average molecular weight is 419 g/mol. The van der Waals surface area contributed by atoms with Crippen LogP contribution in [0.3, 0.4) is 0 Å². The summed E-state index contributed by atoms with van der Waals surface area (Å²) in [4.78, 5) is 13.8. The second-order valence-corrected chi connectivity index (χ2v) is 8.40. The van der Waals surface area contributed by atoms with E-state index in [1.165, 1.54) is 16.6 Å². The van der Waals surface area contributed by atoms with E-state index in [0.29, 0.717) is 22.3 Å². The Kier molecular flexibility index (Phi) is 6.58. The van der Waals surface area contributed by atoms with Crippen LogP contribution in [0.2, 0.25) is 0 Å². The number of rotatable bonds is 8. The Hall–Kier alpha value is -2.52. The molecule has 0 aliphatic carbocycles. The zero-order chi connectivity index (χ0) is 20.1. The van der Waals surface area contributed by atoms with Gasteiger partial charge in [0, 0.05) is 42.2 Å². The van der Waals surface area contributed by atoms with Crippen molar-refractivity contribution in [2.24, 2.45) is 7.05 Å². The summed E-state index contributed by atoms with van der Waals surface area (Å²) in [5.41, 5.74) is 0.616. The van der Waals surface area contributed by atoms with Gasteiger partial charge in [-0.25, -0.2) is 0 Å². The van der Waals surface area contributed by atoms with E-state index in [1.54, 1.807) is 43.8 Å². The molecular formula is C19H22N4O3S2. The molecule has 9 heteroatoms. The lowest BCUT2D eigenvalue weighted by molar-refractivity contribution is -0.115. The van der Waals surface area contributed by atoms with Gasteiger partial charge in [-0.05, 0) is 18.4 Å². The molecule has 0 aliphatic heterocycles. The summed E-state index contributed by atoms with van der Waals surface area (Å²) >= 11 is 3.06.